The number of amides is 1. The van der Waals surface area contributed by atoms with Crippen molar-refractivity contribution in [2.24, 2.45) is 0 Å². The van der Waals surface area contributed by atoms with Gasteiger partial charge in [0.15, 0.2) is 0 Å². The summed E-state index contributed by atoms with van der Waals surface area (Å²) in [5, 5.41) is 16.7. The highest BCUT2D eigenvalue weighted by Gasteiger charge is 2.15. The van der Waals surface area contributed by atoms with E-state index in [1.54, 1.807) is 23.9 Å². The minimum atomic E-state index is -0.202. The third kappa shape index (κ3) is 3.44. The highest BCUT2D eigenvalue weighted by atomic mass is 32.2. The molecule has 28 heavy (non-hydrogen) atoms. The molecule has 0 bridgehead atoms. The molecule has 2 heterocycles. The highest BCUT2D eigenvalue weighted by molar-refractivity contribution is 7.99. The van der Waals surface area contributed by atoms with Crippen molar-refractivity contribution in [1.82, 2.24) is 20.2 Å². The Morgan fingerprint density at radius 3 is 3.00 bits per heavy atom. The number of anilines is 1. The van der Waals surface area contributed by atoms with E-state index in [1.807, 2.05) is 30.3 Å². The standard InChI is InChI=1S/C19H17N5O3S/c1-3-8-24-19(21-22-23-24)28-11-18(25)20-14-10-16-13(9-17(14)26-2)12-6-4-5-7-15(12)27-16/h3-7,9-10H,1,8,11H2,2H3,(H,20,25). The molecule has 142 valence electrons. The average Bonchev–Trinajstić information content (AvgIpc) is 3.29. The topological polar surface area (TPSA) is 95.1 Å². The summed E-state index contributed by atoms with van der Waals surface area (Å²) in [5.74, 6) is 0.513. The number of nitrogens with one attached hydrogen (secondary N) is 1. The molecule has 0 fully saturated rings. The van der Waals surface area contributed by atoms with Gasteiger partial charge in [-0.15, -0.1) is 11.7 Å². The Morgan fingerprint density at radius 2 is 2.18 bits per heavy atom. The SMILES string of the molecule is C=CCn1nnnc1SCC(=O)Nc1cc2oc3ccccc3c2cc1OC. The van der Waals surface area contributed by atoms with Crippen LogP contribution in [0.5, 0.6) is 5.75 Å². The number of thioether (sulfide) groups is 1. The molecular weight excluding hydrogens is 378 g/mol. The molecule has 0 saturated heterocycles. The molecule has 0 atom stereocenters. The van der Waals surface area contributed by atoms with Crippen molar-refractivity contribution in [3.63, 3.8) is 0 Å². The number of tetrazole rings is 1. The molecule has 0 spiro atoms. The van der Waals surface area contributed by atoms with Gasteiger partial charge in [0.2, 0.25) is 11.1 Å². The molecule has 4 aromatic rings. The van der Waals surface area contributed by atoms with E-state index in [4.69, 9.17) is 9.15 Å². The van der Waals surface area contributed by atoms with Gasteiger partial charge in [0, 0.05) is 16.8 Å². The monoisotopic (exact) mass is 395 g/mol. The maximum atomic E-state index is 12.4. The number of para-hydroxylation sites is 1. The quantitative estimate of drug-likeness (QED) is 0.378. The lowest BCUT2D eigenvalue weighted by Gasteiger charge is -2.10. The van der Waals surface area contributed by atoms with Gasteiger partial charge in [0.1, 0.15) is 16.9 Å². The minimum Gasteiger partial charge on any atom is -0.495 e. The molecule has 1 N–H and O–H groups in total. The van der Waals surface area contributed by atoms with E-state index in [1.165, 1.54) is 11.8 Å². The molecule has 0 aliphatic carbocycles. The number of hydrogen-bond acceptors (Lipinski definition) is 7. The number of carbonyl (C=O) groups excluding carboxylic acids is 1. The Morgan fingerprint density at radius 1 is 1.32 bits per heavy atom. The van der Waals surface area contributed by atoms with Crippen molar-refractivity contribution in [3.8, 4) is 5.75 Å². The average molecular weight is 395 g/mol. The number of allylic oxidation sites excluding steroid dienone is 1. The summed E-state index contributed by atoms with van der Waals surface area (Å²) < 4.78 is 12.9. The number of rotatable bonds is 7. The number of furan rings is 1. The largest absolute Gasteiger partial charge is 0.495 e. The molecule has 0 aliphatic rings. The van der Waals surface area contributed by atoms with Crippen molar-refractivity contribution in [2.45, 2.75) is 11.7 Å². The van der Waals surface area contributed by atoms with E-state index in [0.29, 0.717) is 28.7 Å². The molecule has 1 amide bonds. The van der Waals surface area contributed by atoms with E-state index in [0.717, 1.165) is 16.4 Å². The number of methoxy groups -OCH3 is 1. The molecular formula is C19H17N5O3S. The zero-order valence-electron chi connectivity index (χ0n) is 15.1. The fraction of sp³-hybridized carbons (Fsp3) is 0.158. The number of benzene rings is 2. The number of hydrogen-bond donors (Lipinski definition) is 1. The lowest BCUT2D eigenvalue weighted by atomic mass is 10.1. The van der Waals surface area contributed by atoms with E-state index < -0.39 is 0 Å². The lowest BCUT2D eigenvalue weighted by Crippen LogP contribution is -2.15. The predicted octanol–water partition coefficient (Wildman–Crippen LogP) is 3.50. The second-order valence-electron chi connectivity index (χ2n) is 5.92. The normalized spacial score (nSPS) is 11.0. The van der Waals surface area contributed by atoms with Crippen LogP contribution in [0, 0.1) is 0 Å². The maximum Gasteiger partial charge on any atom is 0.234 e. The summed E-state index contributed by atoms with van der Waals surface area (Å²) in [4.78, 5) is 12.4. The fourth-order valence-electron chi connectivity index (χ4n) is 2.87. The van der Waals surface area contributed by atoms with Crippen LogP contribution in [0.2, 0.25) is 0 Å². The van der Waals surface area contributed by atoms with E-state index in [-0.39, 0.29) is 11.7 Å². The summed E-state index contributed by atoms with van der Waals surface area (Å²) in [5.41, 5.74) is 2.01. The zero-order chi connectivity index (χ0) is 19.5. The Bertz CT molecular complexity index is 1170. The lowest BCUT2D eigenvalue weighted by molar-refractivity contribution is -0.113. The van der Waals surface area contributed by atoms with Gasteiger partial charge in [0.05, 0.1) is 25.1 Å². The van der Waals surface area contributed by atoms with Gasteiger partial charge in [0.25, 0.3) is 0 Å². The first-order chi connectivity index (χ1) is 13.7. The fourth-order valence-corrected chi connectivity index (χ4v) is 3.56. The summed E-state index contributed by atoms with van der Waals surface area (Å²) >= 11 is 1.24. The smallest absolute Gasteiger partial charge is 0.234 e. The van der Waals surface area contributed by atoms with Gasteiger partial charge < -0.3 is 14.5 Å². The molecule has 9 heteroatoms. The third-order valence-corrected chi connectivity index (χ3v) is 5.06. The minimum absolute atomic E-state index is 0.152. The Kier molecular flexibility index (Phi) is 4.98. The Labute approximate surface area is 164 Å². The van der Waals surface area contributed by atoms with Gasteiger partial charge in [-0.25, -0.2) is 4.68 Å². The van der Waals surface area contributed by atoms with Crippen molar-refractivity contribution >= 4 is 45.3 Å². The highest BCUT2D eigenvalue weighted by Crippen LogP contribution is 2.36. The van der Waals surface area contributed by atoms with E-state index in [9.17, 15) is 4.79 Å². The van der Waals surface area contributed by atoms with Crippen LogP contribution in [-0.2, 0) is 11.3 Å². The van der Waals surface area contributed by atoms with Crippen LogP contribution in [-0.4, -0.2) is 39.0 Å². The van der Waals surface area contributed by atoms with Gasteiger partial charge in [-0.2, -0.15) is 0 Å². The Balaban J connectivity index is 1.54. The van der Waals surface area contributed by atoms with Crippen LogP contribution in [0.4, 0.5) is 5.69 Å². The second-order valence-corrected chi connectivity index (χ2v) is 6.86. The van der Waals surface area contributed by atoms with Crippen molar-refractivity contribution in [3.05, 3.63) is 49.1 Å². The summed E-state index contributed by atoms with van der Waals surface area (Å²) in [6, 6.07) is 11.4. The number of carbonyl (C=O) groups is 1. The van der Waals surface area contributed by atoms with Crippen LogP contribution in [0.15, 0.2) is 58.6 Å². The van der Waals surface area contributed by atoms with Crippen LogP contribution < -0.4 is 10.1 Å². The summed E-state index contributed by atoms with van der Waals surface area (Å²) in [6.45, 7) is 4.14. The summed E-state index contributed by atoms with van der Waals surface area (Å²) in [7, 11) is 1.57. The molecule has 2 aromatic heterocycles. The van der Waals surface area contributed by atoms with Gasteiger partial charge in [-0.05, 0) is 22.6 Å². The first-order valence-electron chi connectivity index (χ1n) is 8.48. The molecule has 4 rings (SSSR count). The van der Waals surface area contributed by atoms with Crippen LogP contribution in [0.3, 0.4) is 0 Å². The molecule has 0 aliphatic heterocycles. The first kappa shape index (κ1) is 18.1. The molecule has 2 aromatic carbocycles. The number of fused-ring (bicyclic) bond motifs is 3. The third-order valence-electron chi connectivity index (χ3n) is 4.11. The zero-order valence-corrected chi connectivity index (χ0v) is 15.9. The van der Waals surface area contributed by atoms with Crippen molar-refractivity contribution in [2.75, 3.05) is 18.2 Å². The van der Waals surface area contributed by atoms with Crippen molar-refractivity contribution < 1.29 is 13.9 Å². The number of nitrogens with zero attached hydrogens (tertiary/aromatic N) is 4. The molecule has 8 nitrogen and oxygen atoms in total. The van der Waals surface area contributed by atoms with E-state index >= 15 is 0 Å². The van der Waals surface area contributed by atoms with Gasteiger partial charge in [-0.1, -0.05) is 36.0 Å². The van der Waals surface area contributed by atoms with E-state index in [2.05, 4.69) is 27.4 Å². The van der Waals surface area contributed by atoms with Crippen molar-refractivity contribution in [1.29, 1.82) is 0 Å². The van der Waals surface area contributed by atoms with Crippen LogP contribution in [0.25, 0.3) is 21.9 Å². The first-order valence-corrected chi connectivity index (χ1v) is 9.47. The predicted molar refractivity (Wildman–Crippen MR) is 108 cm³/mol. The van der Waals surface area contributed by atoms with Crippen LogP contribution >= 0.6 is 11.8 Å². The number of ether oxygens (including phenoxy) is 1. The molecule has 0 radical (unpaired) electrons. The number of aromatic nitrogens is 4. The van der Waals surface area contributed by atoms with Gasteiger partial charge in [-0.3, -0.25) is 4.79 Å². The summed E-state index contributed by atoms with van der Waals surface area (Å²) in [6.07, 6.45) is 1.69. The van der Waals surface area contributed by atoms with Crippen LogP contribution in [0.1, 0.15) is 0 Å². The molecule has 0 unspecified atom stereocenters. The van der Waals surface area contributed by atoms with Gasteiger partial charge >= 0.3 is 0 Å². The molecule has 0 saturated carbocycles. The maximum absolute atomic E-state index is 12.4. The second kappa shape index (κ2) is 7.73. The Hall–Kier alpha value is -3.33.